The number of hydrogen-bond acceptors (Lipinski definition) is 8. The van der Waals surface area contributed by atoms with Crippen molar-refractivity contribution in [2.75, 3.05) is 24.3 Å². The summed E-state index contributed by atoms with van der Waals surface area (Å²) in [5, 5.41) is 10.4. The fraction of sp³-hybridized carbons (Fsp3) is 0.0909. The maximum Gasteiger partial charge on any atom is 0.296 e. The van der Waals surface area contributed by atoms with Crippen LogP contribution in [0.1, 0.15) is 0 Å². The number of nitrogen functional groups attached to an aromatic ring is 3. The van der Waals surface area contributed by atoms with Gasteiger partial charge in [-0.1, -0.05) is 0 Å². The molecule has 0 bridgehead atoms. The summed E-state index contributed by atoms with van der Waals surface area (Å²) in [6.45, 7) is 0. The molecule has 0 aliphatic rings. The van der Waals surface area contributed by atoms with E-state index in [4.69, 9.17) is 25.9 Å². The van der Waals surface area contributed by atoms with E-state index in [1.165, 1.54) is 13.2 Å². The van der Waals surface area contributed by atoms with Gasteiger partial charge in [0.1, 0.15) is 10.6 Å². The monoisotopic (exact) mass is 331 g/mol. The average molecular weight is 331 g/mol. The molecule has 0 saturated heterocycles. The summed E-state index contributed by atoms with van der Waals surface area (Å²) in [6.07, 6.45) is 0. The van der Waals surface area contributed by atoms with Gasteiger partial charge >= 0.3 is 0 Å². The Kier molecular flexibility index (Phi) is 3.80. The van der Waals surface area contributed by atoms with Crippen molar-refractivity contribution in [1.82, 2.24) is 0 Å². The van der Waals surface area contributed by atoms with E-state index in [0.717, 1.165) is 18.1 Å². The van der Waals surface area contributed by atoms with E-state index in [1.54, 1.807) is 0 Å². The summed E-state index contributed by atoms with van der Waals surface area (Å²) < 4.78 is 36.6. The van der Waals surface area contributed by atoms with Crippen LogP contribution in [-0.2, 0) is 14.3 Å². The van der Waals surface area contributed by atoms with Gasteiger partial charge in [-0.25, -0.2) is 0 Å². The van der Waals surface area contributed by atoms with E-state index in [0.29, 0.717) is 4.90 Å². The van der Waals surface area contributed by atoms with Crippen LogP contribution in [0.25, 0.3) is 10.8 Å². The standard InChI is InChI=1S/C11H13N3O5S2/c1-19-20-5-2-4-3-6(21(16,17)18)9(13)11(15)7(4)10(14)8(5)12/h2-3,15H,12-14H2,1H3,(H,16,17,18). The quantitative estimate of drug-likeness (QED) is 0.240. The van der Waals surface area contributed by atoms with Crippen LogP contribution >= 0.6 is 12.0 Å². The van der Waals surface area contributed by atoms with Crippen molar-refractivity contribution in [3.05, 3.63) is 12.1 Å². The first-order valence-electron chi connectivity index (χ1n) is 5.49. The number of benzene rings is 2. The highest BCUT2D eigenvalue weighted by Crippen LogP contribution is 2.44. The molecular formula is C11H13N3O5S2. The van der Waals surface area contributed by atoms with Gasteiger partial charge in [-0.3, -0.25) is 4.55 Å². The summed E-state index contributed by atoms with van der Waals surface area (Å²) in [7, 11) is -3.17. The molecule has 21 heavy (non-hydrogen) atoms. The largest absolute Gasteiger partial charge is 0.505 e. The maximum atomic E-state index is 11.3. The van der Waals surface area contributed by atoms with Crippen LogP contribution in [0.3, 0.4) is 0 Å². The number of hydrogen-bond donors (Lipinski definition) is 5. The summed E-state index contributed by atoms with van der Waals surface area (Å²) >= 11 is 0.924. The lowest BCUT2D eigenvalue weighted by Crippen LogP contribution is -2.05. The van der Waals surface area contributed by atoms with E-state index in [2.05, 4.69) is 0 Å². The van der Waals surface area contributed by atoms with Gasteiger partial charge in [-0.2, -0.15) is 8.42 Å². The van der Waals surface area contributed by atoms with Crippen LogP contribution in [-0.4, -0.2) is 25.2 Å². The molecule has 0 fully saturated rings. The van der Waals surface area contributed by atoms with Crippen LogP contribution in [0.15, 0.2) is 21.9 Å². The molecule has 0 spiro atoms. The third-order valence-corrected chi connectivity index (χ3v) is 4.47. The zero-order valence-corrected chi connectivity index (χ0v) is 12.5. The van der Waals surface area contributed by atoms with Gasteiger partial charge in [0, 0.05) is 12.0 Å². The van der Waals surface area contributed by atoms with Crippen molar-refractivity contribution in [3.8, 4) is 5.75 Å². The van der Waals surface area contributed by atoms with Gasteiger partial charge in [0.2, 0.25) is 0 Å². The molecule has 0 saturated carbocycles. The SMILES string of the molecule is COSc1cc2cc(S(=O)(=O)O)c(N)c(O)c2c(N)c1N. The zero-order valence-electron chi connectivity index (χ0n) is 10.8. The molecule has 0 heterocycles. The zero-order chi connectivity index (χ0) is 15.9. The molecule has 2 aromatic carbocycles. The first-order chi connectivity index (χ1) is 9.68. The minimum atomic E-state index is -4.59. The third kappa shape index (κ3) is 2.53. The van der Waals surface area contributed by atoms with E-state index in [1.807, 2.05) is 0 Å². The van der Waals surface area contributed by atoms with Crippen LogP contribution in [0.5, 0.6) is 5.75 Å². The lowest BCUT2D eigenvalue weighted by atomic mass is 10.1. The molecule has 8 N–H and O–H groups in total. The van der Waals surface area contributed by atoms with Gasteiger partial charge in [0.05, 0.1) is 34.5 Å². The lowest BCUT2D eigenvalue weighted by molar-refractivity contribution is 0.473. The second-order valence-electron chi connectivity index (χ2n) is 4.16. The number of phenols is 1. The van der Waals surface area contributed by atoms with Crippen molar-refractivity contribution in [1.29, 1.82) is 0 Å². The predicted molar refractivity (Wildman–Crippen MR) is 81.5 cm³/mol. The van der Waals surface area contributed by atoms with Crippen molar-refractivity contribution in [2.45, 2.75) is 9.79 Å². The minimum Gasteiger partial charge on any atom is -0.505 e. The number of fused-ring (bicyclic) bond motifs is 1. The first kappa shape index (κ1) is 15.5. The third-order valence-electron chi connectivity index (χ3n) is 2.90. The molecule has 2 rings (SSSR count). The topological polar surface area (TPSA) is 162 Å². The second kappa shape index (κ2) is 5.15. The van der Waals surface area contributed by atoms with E-state index >= 15 is 0 Å². The molecule has 0 aliphatic carbocycles. The fourth-order valence-corrected chi connectivity index (χ4v) is 3.14. The van der Waals surface area contributed by atoms with Gasteiger partial charge in [0.25, 0.3) is 10.1 Å². The number of aromatic hydroxyl groups is 1. The molecule has 2 aromatic rings. The van der Waals surface area contributed by atoms with Gasteiger partial charge in [-0.05, 0) is 17.5 Å². The Bertz CT molecular complexity index is 836. The van der Waals surface area contributed by atoms with Crippen LogP contribution in [0, 0.1) is 0 Å². The number of phenolic OH excluding ortho intramolecular Hbond substituents is 1. The molecule has 0 atom stereocenters. The van der Waals surface area contributed by atoms with Gasteiger partial charge < -0.3 is 26.5 Å². The predicted octanol–water partition coefficient (Wildman–Crippen LogP) is 1.19. The Labute approximate surface area is 124 Å². The summed E-state index contributed by atoms with van der Waals surface area (Å²) in [5.74, 6) is -0.557. The molecule has 114 valence electrons. The van der Waals surface area contributed by atoms with Crippen LogP contribution < -0.4 is 17.2 Å². The van der Waals surface area contributed by atoms with Gasteiger partial charge in [0.15, 0.2) is 0 Å². The van der Waals surface area contributed by atoms with E-state index < -0.39 is 26.5 Å². The Morgan fingerprint density at radius 1 is 1.14 bits per heavy atom. The highest BCUT2D eigenvalue weighted by molar-refractivity contribution is 7.94. The Balaban J connectivity index is 2.95. The summed E-state index contributed by atoms with van der Waals surface area (Å²) in [5.41, 5.74) is 16.9. The number of rotatable bonds is 3. The molecule has 10 heteroatoms. The van der Waals surface area contributed by atoms with E-state index in [9.17, 15) is 13.5 Å². The Morgan fingerprint density at radius 2 is 1.76 bits per heavy atom. The summed E-state index contributed by atoms with van der Waals surface area (Å²) in [6, 6.07) is 2.58. The minimum absolute atomic E-state index is 0.0399. The van der Waals surface area contributed by atoms with Crippen molar-refractivity contribution in [2.24, 2.45) is 0 Å². The van der Waals surface area contributed by atoms with Crippen molar-refractivity contribution < 1.29 is 22.3 Å². The molecule has 0 aromatic heterocycles. The molecule has 0 radical (unpaired) electrons. The van der Waals surface area contributed by atoms with Crippen molar-refractivity contribution >= 4 is 50.0 Å². The van der Waals surface area contributed by atoms with E-state index in [-0.39, 0.29) is 22.1 Å². The average Bonchev–Trinajstić information content (AvgIpc) is 2.38. The normalized spacial score (nSPS) is 11.9. The molecule has 0 amide bonds. The highest BCUT2D eigenvalue weighted by atomic mass is 32.2. The maximum absolute atomic E-state index is 11.3. The molecule has 0 aliphatic heterocycles. The highest BCUT2D eigenvalue weighted by Gasteiger charge is 2.22. The van der Waals surface area contributed by atoms with Gasteiger partial charge in [-0.15, -0.1) is 0 Å². The molecule has 0 unspecified atom stereocenters. The van der Waals surface area contributed by atoms with Crippen molar-refractivity contribution in [3.63, 3.8) is 0 Å². The number of anilines is 3. The smallest absolute Gasteiger partial charge is 0.296 e. The second-order valence-corrected chi connectivity index (χ2v) is 6.49. The fourth-order valence-electron chi connectivity index (χ4n) is 1.93. The lowest BCUT2D eigenvalue weighted by Gasteiger charge is -2.14. The molecular weight excluding hydrogens is 318 g/mol. The van der Waals surface area contributed by atoms with Crippen LogP contribution in [0.4, 0.5) is 17.1 Å². The Morgan fingerprint density at radius 3 is 2.29 bits per heavy atom. The summed E-state index contributed by atoms with van der Waals surface area (Å²) in [4.78, 5) is -0.169. The molecule has 8 nitrogen and oxygen atoms in total. The number of nitrogens with two attached hydrogens (primary N) is 3. The Hall–Kier alpha value is -1.88. The van der Waals surface area contributed by atoms with Crippen LogP contribution in [0.2, 0.25) is 0 Å². The first-order valence-corrected chi connectivity index (χ1v) is 7.68.